The van der Waals surface area contributed by atoms with E-state index in [0.29, 0.717) is 16.5 Å². The molecule has 1 saturated heterocycles. The van der Waals surface area contributed by atoms with Crippen molar-refractivity contribution in [2.45, 2.75) is 19.3 Å². The number of piperidine rings is 1. The molecule has 1 aliphatic heterocycles. The Labute approximate surface area is 127 Å². The summed E-state index contributed by atoms with van der Waals surface area (Å²) in [6.07, 6.45) is 7.44. The molecule has 22 heavy (non-hydrogen) atoms. The smallest absolute Gasteiger partial charge is 0.246 e. The van der Waals surface area contributed by atoms with Crippen LogP contribution < -0.4 is 5.43 Å². The minimum absolute atomic E-state index is 0.0409. The fraction of sp³-hybridized carbons (Fsp3) is 0.294. The van der Waals surface area contributed by atoms with E-state index in [2.05, 4.69) is 0 Å². The number of hydrogen-bond acceptors (Lipinski definition) is 4. The summed E-state index contributed by atoms with van der Waals surface area (Å²) in [7, 11) is 0. The minimum atomic E-state index is -0.219. The van der Waals surface area contributed by atoms with Gasteiger partial charge in [0.25, 0.3) is 0 Å². The summed E-state index contributed by atoms with van der Waals surface area (Å²) < 4.78 is 5.35. The van der Waals surface area contributed by atoms with Crippen molar-refractivity contribution in [3.8, 4) is 5.75 Å². The first-order valence-electron chi connectivity index (χ1n) is 7.37. The van der Waals surface area contributed by atoms with Gasteiger partial charge in [0.15, 0.2) is 5.43 Å². The third-order valence-electron chi connectivity index (χ3n) is 3.86. The number of likely N-dealkylation sites (tertiary alicyclic amines) is 1. The SMILES string of the molecule is O=C(/C=C/c1coc2cc(O)ccc2c1=O)N1CCCCC1. The summed E-state index contributed by atoms with van der Waals surface area (Å²) in [5.74, 6) is -0.0379. The van der Waals surface area contributed by atoms with E-state index in [0.717, 1.165) is 32.4 Å². The second-order valence-corrected chi connectivity index (χ2v) is 5.42. The van der Waals surface area contributed by atoms with Gasteiger partial charge in [-0.1, -0.05) is 0 Å². The van der Waals surface area contributed by atoms with Crippen LogP contribution >= 0.6 is 0 Å². The third kappa shape index (κ3) is 2.88. The van der Waals surface area contributed by atoms with Crippen LogP contribution in [0.1, 0.15) is 24.8 Å². The highest BCUT2D eigenvalue weighted by atomic mass is 16.3. The van der Waals surface area contributed by atoms with Crippen molar-refractivity contribution in [1.29, 1.82) is 0 Å². The molecule has 1 amide bonds. The van der Waals surface area contributed by atoms with Crippen molar-refractivity contribution < 1.29 is 14.3 Å². The van der Waals surface area contributed by atoms with Gasteiger partial charge in [-0.05, 0) is 37.5 Å². The molecule has 0 spiro atoms. The second-order valence-electron chi connectivity index (χ2n) is 5.42. The second kappa shape index (κ2) is 6.05. The Morgan fingerprint density at radius 3 is 2.77 bits per heavy atom. The molecule has 1 fully saturated rings. The first-order chi connectivity index (χ1) is 10.6. The van der Waals surface area contributed by atoms with Crippen LogP contribution in [0.2, 0.25) is 0 Å². The van der Waals surface area contributed by atoms with Gasteiger partial charge in [-0.15, -0.1) is 0 Å². The lowest BCUT2D eigenvalue weighted by atomic mass is 10.1. The number of phenols is 1. The summed E-state index contributed by atoms with van der Waals surface area (Å²) in [6, 6.07) is 4.34. The van der Waals surface area contributed by atoms with E-state index in [1.807, 2.05) is 0 Å². The standard InChI is InChI=1S/C17H17NO4/c19-13-5-6-14-15(10-13)22-11-12(17(14)21)4-7-16(20)18-8-2-1-3-9-18/h4-7,10-11,19H,1-3,8-9H2/b7-4+. The quantitative estimate of drug-likeness (QED) is 0.865. The molecule has 114 valence electrons. The fourth-order valence-corrected chi connectivity index (χ4v) is 2.63. The largest absolute Gasteiger partial charge is 0.508 e. The Morgan fingerprint density at radius 2 is 2.00 bits per heavy atom. The molecule has 1 aromatic carbocycles. The lowest BCUT2D eigenvalue weighted by molar-refractivity contribution is -0.126. The molecule has 3 rings (SSSR count). The zero-order chi connectivity index (χ0) is 15.5. The molecular weight excluding hydrogens is 282 g/mol. The topological polar surface area (TPSA) is 70.7 Å². The average Bonchev–Trinajstić information content (AvgIpc) is 2.54. The van der Waals surface area contributed by atoms with Gasteiger partial charge in [-0.25, -0.2) is 0 Å². The van der Waals surface area contributed by atoms with Crippen LogP contribution in [-0.2, 0) is 4.79 Å². The number of phenolic OH excluding ortho intramolecular Hbond substituents is 1. The molecule has 0 atom stereocenters. The molecule has 0 unspecified atom stereocenters. The Hall–Kier alpha value is -2.56. The highest BCUT2D eigenvalue weighted by Gasteiger charge is 2.14. The zero-order valence-electron chi connectivity index (χ0n) is 12.1. The lowest BCUT2D eigenvalue weighted by Gasteiger charge is -2.25. The van der Waals surface area contributed by atoms with Crippen LogP contribution in [0.4, 0.5) is 0 Å². The molecule has 1 aliphatic rings. The van der Waals surface area contributed by atoms with E-state index in [-0.39, 0.29) is 17.1 Å². The van der Waals surface area contributed by atoms with Crippen molar-refractivity contribution in [1.82, 2.24) is 4.90 Å². The van der Waals surface area contributed by atoms with E-state index in [4.69, 9.17) is 4.42 Å². The number of nitrogens with zero attached hydrogens (tertiary/aromatic N) is 1. The molecular formula is C17H17NO4. The van der Waals surface area contributed by atoms with Gasteiger partial charge < -0.3 is 14.4 Å². The Bertz CT molecular complexity index is 785. The van der Waals surface area contributed by atoms with E-state index < -0.39 is 0 Å². The highest BCUT2D eigenvalue weighted by molar-refractivity contribution is 5.92. The predicted molar refractivity (Wildman–Crippen MR) is 83.6 cm³/mol. The average molecular weight is 299 g/mol. The van der Waals surface area contributed by atoms with Gasteiger partial charge in [-0.3, -0.25) is 9.59 Å². The summed E-state index contributed by atoms with van der Waals surface area (Å²) in [5, 5.41) is 9.76. The number of rotatable bonds is 2. The molecule has 5 nitrogen and oxygen atoms in total. The number of aromatic hydroxyl groups is 1. The first-order valence-corrected chi connectivity index (χ1v) is 7.37. The number of amides is 1. The zero-order valence-corrected chi connectivity index (χ0v) is 12.1. The minimum Gasteiger partial charge on any atom is -0.508 e. The third-order valence-corrected chi connectivity index (χ3v) is 3.86. The van der Waals surface area contributed by atoms with Gasteiger partial charge in [0.1, 0.15) is 17.6 Å². The van der Waals surface area contributed by atoms with Gasteiger partial charge in [0.05, 0.1) is 10.9 Å². The normalized spacial score (nSPS) is 15.5. The molecule has 1 aromatic heterocycles. The molecule has 0 saturated carbocycles. The van der Waals surface area contributed by atoms with Crippen LogP contribution in [0.25, 0.3) is 17.0 Å². The molecule has 0 radical (unpaired) electrons. The van der Waals surface area contributed by atoms with Crippen LogP contribution in [-0.4, -0.2) is 29.0 Å². The van der Waals surface area contributed by atoms with Gasteiger partial charge in [0, 0.05) is 25.2 Å². The number of benzene rings is 1. The number of carbonyl (C=O) groups excluding carboxylic acids is 1. The van der Waals surface area contributed by atoms with Crippen LogP contribution in [0.3, 0.4) is 0 Å². The van der Waals surface area contributed by atoms with E-state index in [1.54, 1.807) is 4.90 Å². The molecule has 2 heterocycles. The predicted octanol–water partition coefficient (Wildman–Crippen LogP) is 2.52. The molecule has 5 heteroatoms. The molecule has 0 bridgehead atoms. The molecule has 1 N–H and O–H groups in total. The summed E-state index contributed by atoms with van der Waals surface area (Å²) in [4.78, 5) is 26.2. The Morgan fingerprint density at radius 1 is 1.23 bits per heavy atom. The van der Waals surface area contributed by atoms with Gasteiger partial charge >= 0.3 is 0 Å². The highest BCUT2D eigenvalue weighted by Crippen LogP contribution is 2.18. The maximum absolute atomic E-state index is 12.3. The van der Waals surface area contributed by atoms with Crippen molar-refractivity contribution in [3.63, 3.8) is 0 Å². The van der Waals surface area contributed by atoms with Crippen LogP contribution in [0, 0.1) is 0 Å². The summed E-state index contributed by atoms with van der Waals surface area (Å²) in [6.45, 7) is 1.55. The van der Waals surface area contributed by atoms with Gasteiger partial charge in [0.2, 0.25) is 5.91 Å². The number of fused-ring (bicyclic) bond motifs is 1. The monoisotopic (exact) mass is 299 g/mol. The van der Waals surface area contributed by atoms with E-state index in [1.165, 1.54) is 36.6 Å². The number of carbonyl (C=O) groups is 1. The molecule has 0 aliphatic carbocycles. The Balaban J connectivity index is 1.85. The summed E-state index contributed by atoms with van der Waals surface area (Å²) >= 11 is 0. The van der Waals surface area contributed by atoms with Crippen LogP contribution in [0.15, 0.2) is 39.7 Å². The Kier molecular flexibility index (Phi) is 3.96. The maximum atomic E-state index is 12.3. The van der Waals surface area contributed by atoms with Crippen molar-refractivity contribution in [3.05, 3.63) is 46.3 Å². The van der Waals surface area contributed by atoms with Crippen molar-refractivity contribution in [2.24, 2.45) is 0 Å². The number of hydrogen-bond donors (Lipinski definition) is 1. The first kappa shape index (κ1) is 14.4. The van der Waals surface area contributed by atoms with Crippen molar-refractivity contribution in [2.75, 3.05) is 13.1 Å². The lowest BCUT2D eigenvalue weighted by Crippen LogP contribution is -2.34. The van der Waals surface area contributed by atoms with E-state index in [9.17, 15) is 14.7 Å². The molecule has 2 aromatic rings. The maximum Gasteiger partial charge on any atom is 0.246 e. The van der Waals surface area contributed by atoms with Gasteiger partial charge in [-0.2, -0.15) is 0 Å². The van der Waals surface area contributed by atoms with Crippen LogP contribution in [0.5, 0.6) is 5.75 Å². The van der Waals surface area contributed by atoms with Crippen molar-refractivity contribution >= 4 is 23.0 Å². The summed E-state index contributed by atoms with van der Waals surface area (Å²) in [5.41, 5.74) is 0.428. The van der Waals surface area contributed by atoms with E-state index >= 15 is 0 Å². The fourth-order valence-electron chi connectivity index (χ4n) is 2.63.